The zero-order valence-electron chi connectivity index (χ0n) is 5.61. The largest absolute Gasteiger partial charge is 0.394 e. The summed E-state index contributed by atoms with van der Waals surface area (Å²) in [6, 6.07) is 0. The number of ether oxygens (including phenoxy) is 1. The molecule has 0 N–H and O–H groups in total. The van der Waals surface area contributed by atoms with Gasteiger partial charge in [-0.2, -0.15) is 13.2 Å². The molecule has 1 saturated heterocycles. The Morgan fingerprint density at radius 3 is 2.20 bits per heavy atom. The van der Waals surface area contributed by atoms with Crippen LogP contribution >= 0.6 is 0 Å². The zero-order valence-corrected chi connectivity index (χ0v) is 5.61. The van der Waals surface area contributed by atoms with E-state index in [9.17, 15) is 13.2 Å². The van der Waals surface area contributed by atoms with Gasteiger partial charge in [0, 0.05) is 0 Å². The van der Waals surface area contributed by atoms with Crippen LogP contribution in [0.3, 0.4) is 0 Å². The van der Waals surface area contributed by atoms with Crippen LogP contribution in [0.25, 0.3) is 0 Å². The van der Waals surface area contributed by atoms with Crippen LogP contribution < -0.4 is 0 Å². The predicted molar refractivity (Wildman–Crippen MR) is 29.6 cm³/mol. The molecule has 1 fully saturated rings. The zero-order chi connectivity index (χ0) is 7.78. The van der Waals surface area contributed by atoms with Gasteiger partial charge in [0.15, 0.2) is 0 Å². The molecule has 2 unspecified atom stereocenters. The van der Waals surface area contributed by atoms with Crippen molar-refractivity contribution < 1.29 is 17.9 Å². The third-order valence-electron chi connectivity index (χ3n) is 1.66. The van der Waals surface area contributed by atoms with Crippen molar-refractivity contribution in [2.45, 2.75) is 25.6 Å². The van der Waals surface area contributed by atoms with E-state index in [-0.39, 0.29) is 19.1 Å². The maximum Gasteiger partial charge on any atom is 0.394 e. The summed E-state index contributed by atoms with van der Waals surface area (Å²) in [4.78, 5) is 0. The predicted octanol–water partition coefficient (Wildman–Crippen LogP) is 1.97. The van der Waals surface area contributed by atoms with Crippen molar-refractivity contribution in [3.63, 3.8) is 0 Å². The average molecular weight is 154 g/mol. The molecule has 1 rings (SSSR count). The van der Waals surface area contributed by atoms with Crippen molar-refractivity contribution in [3.8, 4) is 0 Å². The second kappa shape index (κ2) is 2.42. The van der Waals surface area contributed by atoms with Crippen molar-refractivity contribution in [2.75, 3.05) is 6.61 Å². The van der Waals surface area contributed by atoms with Crippen LogP contribution in [-0.4, -0.2) is 18.9 Å². The fourth-order valence-electron chi connectivity index (χ4n) is 1.05. The summed E-state index contributed by atoms with van der Waals surface area (Å²) in [5.74, 6) is -1.23. The summed E-state index contributed by atoms with van der Waals surface area (Å²) >= 11 is 0. The molecule has 2 atom stereocenters. The van der Waals surface area contributed by atoms with E-state index in [0.29, 0.717) is 0 Å². The highest BCUT2D eigenvalue weighted by molar-refractivity contribution is 4.75. The van der Waals surface area contributed by atoms with Crippen molar-refractivity contribution in [1.29, 1.82) is 0 Å². The first-order valence-electron chi connectivity index (χ1n) is 3.18. The first-order valence-corrected chi connectivity index (χ1v) is 3.18. The maximum absolute atomic E-state index is 11.9. The van der Waals surface area contributed by atoms with E-state index in [2.05, 4.69) is 0 Å². The summed E-state index contributed by atoms with van der Waals surface area (Å²) in [6.07, 6.45) is -4.18. The standard InChI is InChI=1S/C6H9F3O/c1-4-2-5(3-10-4)6(7,8)9/h4-5H,2-3H2,1H3. The molecule has 0 amide bonds. The fraction of sp³-hybridized carbons (Fsp3) is 1.00. The monoisotopic (exact) mass is 154 g/mol. The van der Waals surface area contributed by atoms with Crippen molar-refractivity contribution in [1.82, 2.24) is 0 Å². The van der Waals surface area contributed by atoms with Gasteiger partial charge >= 0.3 is 6.18 Å². The third kappa shape index (κ3) is 1.62. The highest BCUT2D eigenvalue weighted by Gasteiger charge is 2.43. The first kappa shape index (κ1) is 7.85. The van der Waals surface area contributed by atoms with E-state index in [4.69, 9.17) is 4.74 Å². The molecule has 1 aliphatic rings. The van der Waals surface area contributed by atoms with Crippen molar-refractivity contribution >= 4 is 0 Å². The third-order valence-corrected chi connectivity index (χ3v) is 1.66. The molecule has 0 spiro atoms. The Bertz CT molecular complexity index is 121. The summed E-state index contributed by atoms with van der Waals surface area (Å²) in [6.45, 7) is 1.50. The van der Waals surface area contributed by atoms with Gasteiger partial charge in [0.05, 0.1) is 18.6 Å². The minimum atomic E-state index is -4.06. The number of hydrogen-bond donors (Lipinski definition) is 0. The van der Waals surface area contributed by atoms with E-state index in [0.717, 1.165) is 0 Å². The SMILES string of the molecule is CC1CC(C(F)(F)F)CO1. The van der Waals surface area contributed by atoms with Crippen LogP contribution in [0.15, 0.2) is 0 Å². The van der Waals surface area contributed by atoms with Gasteiger partial charge in [0.1, 0.15) is 0 Å². The molecule has 0 aromatic heterocycles. The molecule has 0 aliphatic carbocycles. The topological polar surface area (TPSA) is 9.23 Å². The molecule has 0 saturated carbocycles. The van der Waals surface area contributed by atoms with E-state index in [1.165, 1.54) is 0 Å². The summed E-state index contributed by atoms with van der Waals surface area (Å²) in [7, 11) is 0. The lowest BCUT2D eigenvalue weighted by Crippen LogP contribution is -2.22. The fourth-order valence-corrected chi connectivity index (χ4v) is 1.05. The van der Waals surface area contributed by atoms with Crippen LogP contribution in [0.2, 0.25) is 0 Å². The Morgan fingerprint density at radius 2 is 2.00 bits per heavy atom. The molecule has 0 aromatic carbocycles. The Balaban J connectivity index is 2.45. The van der Waals surface area contributed by atoms with Crippen molar-refractivity contribution in [3.05, 3.63) is 0 Å². The van der Waals surface area contributed by atoms with Gasteiger partial charge in [-0.1, -0.05) is 0 Å². The van der Waals surface area contributed by atoms with Gasteiger partial charge < -0.3 is 4.74 Å². The highest BCUT2D eigenvalue weighted by atomic mass is 19.4. The molecule has 60 valence electrons. The number of rotatable bonds is 0. The minimum Gasteiger partial charge on any atom is -0.378 e. The Morgan fingerprint density at radius 1 is 1.40 bits per heavy atom. The normalized spacial score (nSPS) is 34.8. The molecule has 0 aromatic rings. The average Bonchev–Trinajstić information content (AvgIpc) is 2.11. The summed E-state index contributed by atoms with van der Waals surface area (Å²) in [5.41, 5.74) is 0. The minimum absolute atomic E-state index is 0.115. The molecular formula is C6H9F3O. The first-order chi connectivity index (χ1) is 4.50. The molecular weight excluding hydrogens is 145 g/mol. The Labute approximate surface area is 57.2 Å². The van der Waals surface area contributed by atoms with Gasteiger partial charge in [0.2, 0.25) is 0 Å². The summed E-state index contributed by atoms with van der Waals surface area (Å²) in [5, 5.41) is 0. The van der Waals surface area contributed by atoms with Gasteiger partial charge in [-0.05, 0) is 13.3 Å². The van der Waals surface area contributed by atoms with Gasteiger partial charge in [-0.15, -0.1) is 0 Å². The molecule has 1 nitrogen and oxygen atoms in total. The van der Waals surface area contributed by atoms with Crippen LogP contribution in [0.4, 0.5) is 13.2 Å². The van der Waals surface area contributed by atoms with E-state index in [1.54, 1.807) is 6.92 Å². The van der Waals surface area contributed by atoms with Crippen LogP contribution in [0.5, 0.6) is 0 Å². The smallest absolute Gasteiger partial charge is 0.378 e. The molecule has 0 bridgehead atoms. The lowest BCUT2D eigenvalue weighted by atomic mass is 10.1. The van der Waals surface area contributed by atoms with Gasteiger partial charge in [-0.3, -0.25) is 0 Å². The Hall–Kier alpha value is -0.250. The van der Waals surface area contributed by atoms with Gasteiger partial charge in [0.25, 0.3) is 0 Å². The van der Waals surface area contributed by atoms with E-state index < -0.39 is 12.1 Å². The van der Waals surface area contributed by atoms with Crippen LogP contribution in [0.1, 0.15) is 13.3 Å². The quantitative estimate of drug-likeness (QED) is 0.518. The molecule has 10 heavy (non-hydrogen) atoms. The van der Waals surface area contributed by atoms with E-state index >= 15 is 0 Å². The number of halogens is 3. The summed E-state index contributed by atoms with van der Waals surface area (Å²) < 4.78 is 40.3. The lowest BCUT2D eigenvalue weighted by molar-refractivity contribution is -0.173. The Kier molecular flexibility index (Phi) is 1.90. The van der Waals surface area contributed by atoms with Crippen LogP contribution in [-0.2, 0) is 4.74 Å². The van der Waals surface area contributed by atoms with Crippen LogP contribution in [0, 0.1) is 5.92 Å². The lowest BCUT2D eigenvalue weighted by Gasteiger charge is -2.11. The highest BCUT2D eigenvalue weighted by Crippen LogP contribution is 2.34. The van der Waals surface area contributed by atoms with Crippen molar-refractivity contribution in [2.24, 2.45) is 5.92 Å². The second-order valence-corrected chi connectivity index (χ2v) is 2.62. The molecule has 1 heterocycles. The van der Waals surface area contributed by atoms with E-state index in [1.807, 2.05) is 0 Å². The molecule has 4 heteroatoms. The maximum atomic E-state index is 11.9. The number of alkyl halides is 3. The second-order valence-electron chi connectivity index (χ2n) is 2.62. The molecule has 0 radical (unpaired) electrons. The van der Waals surface area contributed by atoms with Gasteiger partial charge in [-0.25, -0.2) is 0 Å². The number of hydrogen-bond acceptors (Lipinski definition) is 1. The molecule has 1 aliphatic heterocycles.